The number of likely N-dealkylation sites (N-methyl/N-ethyl adjacent to an activating group) is 1. The number of hydrogen-bond acceptors (Lipinski definition) is 7. The third-order valence-electron chi connectivity index (χ3n) is 3.79. The molecule has 136 valence electrons. The minimum atomic E-state index is -0.102. The van der Waals surface area contributed by atoms with Gasteiger partial charge in [0, 0.05) is 16.6 Å². The molecule has 0 spiro atoms. The summed E-state index contributed by atoms with van der Waals surface area (Å²) < 4.78 is 10.4. The molecule has 0 fully saturated rings. The van der Waals surface area contributed by atoms with E-state index in [1.807, 2.05) is 28.7 Å². The fourth-order valence-corrected chi connectivity index (χ4v) is 3.01. The molecule has 0 aliphatic carbocycles. The summed E-state index contributed by atoms with van der Waals surface area (Å²) in [4.78, 5) is 18.6. The van der Waals surface area contributed by atoms with Gasteiger partial charge in [-0.15, -0.1) is 0 Å². The van der Waals surface area contributed by atoms with Gasteiger partial charge >= 0.3 is 0 Å². The molecule has 3 rings (SSSR count). The van der Waals surface area contributed by atoms with Crippen LogP contribution in [-0.2, 0) is 11.3 Å². The summed E-state index contributed by atoms with van der Waals surface area (Å²) in [6.45, 7) is 3.32. The monoisotopic (exact) mass is 372 g/mol. The summed E-state index contributed by atoms with van der Waals surface area (Å²) in [5.41, 5.74) is 1.66. The summed E-state index contributed by atoms with van der Waals surface area (Å²) in [5.74, 6) is 1.70. The first kappa shape index (κ1) is 18.1. The summed E-state index contributed by atoms with van der Waals surface area (Å²) in [6, 6.07) is 9.16. The molecule has 0 unspecified atom stereocenters. The summed E-state index contributed by atoms with van der Waals surface area (Å²) in [5, 5.41) is 10.8. The number of carbonyl (C=O) groups is 1. The van der Waals surface area contributed by atoms with Crippen LogP contribution in [0.2, 0.25) is 0 Å². The molecule has 0 atom stereocenters. The highest BCUT2D eigenvalue weighted by molar-refractivity contribution is 7.08. The molecule has 8 heteroatoms. The Morgan fingerprint density at radius 1 is 1.31 bits per heavy atom. The zero-order valence-corrected chi connectivity index (χ0v) is 15.5. The second-order valence-corrected chi connectivity index (χ2v) is 6.38. The molecule has 3 aromatic rings. The predicted octanol–water partition coefficient (Wildman–Crippen LogP) is 3.27. The van der Waals surface area contributed by atoms with E-state index in [1.54, 1.807) is 42.7 Å². The molecule has 0 aliphatic rings. The van der Waals surface area contributed by atoms with E-state index in [1.165, 1.54) is 0 Å². The number of hydrogen-bond donors (Lipinski definition) is 1. The van der Waals surface area contributed by atoms with E-state index in [-0.39, 0.29) is 12.5 Å². The van der Waals surface area contributed by atoms with Gasteiger partial charge in [0.25, 0.3) is 0 Å². The van der Waals surface area contributed by atoms with Crippen LogP contribution in [0.1, 0.15) is 12.8 Å². The van der Waals surface area contributed by atoms with Gasteiger partial charge in [-0.2, -0.15) is 16.3 Å². The van der Waals surface area contributed by atoms with Crippen LogP contribution in [0, 0.1) is 0 Å². The van der Waals surface area contributed by atoms with Gasteiger partial charge in [0.05, 0.1) is 20.2 Å². The molecule has 7 nitrogen and oxygen atoms in total. The minimum Gasteiger partial charge on any atom is -0.497 e. The number of anilines is 1. The van der Waals surface area contributed by atoms with Crippen molar-refractivity contribution in [3.8, 4) is 17.1 Å². The smallest absolute Gasteiger partial charge is 0.241 e. The summed E-state index contributed by atoms with van der Waals surface area (Å²) in [7, 11) is 1.61. The summed E-state index contributed by atoms with van der Waals surface area (Å²) in [6.07, 6.45) is 0. The van der Waals surface area contributed by atoms with Gasteiger partial charge < -0.3 is 14.6 Å². The first-order valence-electron chi connectivity index (χ1n) is 8.19. The fraction of sp³-hybridized carbons (Fsp3) is 0.278. The molecular formula is C18H20N4O3S. The van der Waals surface area contributed by atoms with Crippen molar-refractivity contribution in [2.24, 2.45) is 0 Å². The lowest BCUT2D eigenvalue weighted by Crippen LogP contribution is -2.32. The van der Waals surface area contributed by atoms with Crippen LogP contribution in [0.15, 0.2) is 45.6 Å². The van der Waals surface area contributed by atoms with Gasteiger partial charge in [0.15, 0.2) is 0 Å². The van der Waals surface area contributed by atoms with Gasteiger partial charge in [-0.25, -0.2) is 0 Å². The highest BCUT2D eigenvalue weighted by atomic mass is 32.1. The van der Waals surface area contributed by atoms with Crippen LogP contribution in [0.3, 0.4) is 0 Å². The maximum Gasteiger partial charge on any atom is 0.241 e. The maximum atomic E-state index is 12.3. The van der Waals surface area contributed by atoms with Crippen LogP contribution in [0.5, 0.6) is 5.75 Å². The van der Waals surface area contributed by atoms with Gasteiger partial charge in [-0.1, -0.05) is 12.1 Å². The lowest BCUT2D eigenvalue weighted by atomic mass is 10.3. The lowest BCUT2D eigenvalue weighted by Gasteiger charge is -2.17. The van der Waals surface area contributed by atoms with Crippen molar-refractivity contribution < 1.29 is 14.1 Å². The van der Waals surface area contributed by atoms with Crippen LogP contribution >= 0.6 is 11.3 Å². The van der Waals surface area contributed by atoms with Crippen molar-refractivity contribution in [1.82, 2.24) is 15.0 Å². The van der Waals surface area contributed by atoms with Crippen molar-refractivity contribution in [1.29, 1.82) is 0 Å². The number of rotatable bonds is 8. The number of ether oxygens (including phenoxy) is 1. The van der Waals surface area contributed by atoms with Crippen molar-refractivity contribution in [2.45, 2.75) is 13.5 Å². The largest absolute Gasteiger partial charge is 0.497 e. The number of methoxy groups -OCH3 is 1. The van der Waals surface area contributed by atoms with Crippen LogP contribution in [-0.4, -0.2) is 41.1 Å². The third-order valence-corrected chi connectivity index (χ3v) is 4.48. The van der Waals surface area contributed by atoms with E-state index in [0.29, 0.717) is 24.8 Å². The van der Waals surface area contributed by atoms with Gasteiger partial charge in [-0.3, -0.25) is 9.69 Å². The third kappa shape index (κ3) is 4.68. The second-order valence-electron chi connectivity index (χ2n) is 5.60. The molecule has 0 saturated heterocycles. The average Bonchev–Trinajstić information content (AvgIpc) is 3.33. The van der Waals surface area contributed by atoms with Crippen LogP contribution < -0.4 is 10.1 Å². The number of benzene rings is 1. The SMILES string of the molecule is CCN(CC(=O)Nc1ccc(OC)cc1)Cc1nc(-c2ccsc2)no1. The quantitative estimate of drug-likeness (QED) is 0.654. The summed E-state index contributed by atoms with van der Waals surface area (Å²) >= 11 is 1.58. The van der Waals surface area contributed by atoms with Gasteiger partial charge in [0.2, 0.25) is 17.6 Å². The standard InChI is InChI=1S/C18H20N4O3S/c1-3-22(10-16(23)19-14-4-6-15(24-2)7-5-14)11-17-20-18(21-25-17)13-8-9-26-12-13/h4-9,12H,3,10-11H2,1-2H3,(H,19,23). The zero-order valence-electron chi connectivity index (χ0n) is 14.6. The maximum absolute atomic E-state index is 12.3. The second kappa shape index (κ2) is 8.59. The van der Waals surface area contributed by atoms with Crippen molar-refractivity contribution in [3.63, 3.8) is 0 Å². The Bertz CT molecular complexity index is 831. The number of nitrogens with zero attached hydrogens (tertiary/aromatic N) is 3. The van der Waals surface area contributed by atoms with Gasteiger partial charge in [-0.05, 0) is 42.3 Å². The Kier molecular flexibility index (Phi) is 5.98. The van der Waals surface area contributed by atoms with Crippen molar-refractivity contribution in [3.05, 3.63) is 47.0 Å². The number of carbonyl (C=O) groups excluding carboxylic acids is 1. The van der Waals surface area contributed by atoms with Crippen LogP contribution in [0.4, 0.5) is 5.69 Å². The normalized spacial score (nSPS) is 10.9. The Morgan fingerprint density at radius 3 is 2.77 bits per heavy atom. The number of nitrogens with one attached hydrogen (secondary N) is 1. The molecule has 1 N–H and O–H groups in total. The van der Waals surface area contributed by atoms with Crippen LogP contribution in [0.25, 0.3) is 11.4 Å². The lowest BCUT2D eigenvalue weighted by molar-refractivity contribution is -0.117. The van der Waals surface area contributed by atoms with Crippen molar-refractivity contribution >= 4 is 22.9 Å². The highest BCUT2D eigenvalue weighted by Crippen LogP contribution is 2.19. The van der Waals surface area contributed by atoms with E-state index in [2.05, 4.69) is 15.5 Å². The molecule has 26 heavy (non-hydrogen) atoms. The van der Waals surface area contributed by atoms with E-state index in [4.69, 9.17) is 9.26 Å². The zero-order chi connectivity index (χ0) is 18.4. The molecule has 1 amide bonds. The molecule has 0 aliphatic heterocycles. The Labute approximate surface area is 155 Å². The first-order valence-corrected chi connectivity index (χ1v) is 9.13. The first-order chi connectivity index (χ1) is 12.7. The highest BCUT2D eigenvalue weighted by Gasteiger charge is 2.15. The molecule has 0 saturated carbocycles. The number of aromatic nitrogens is 2. The molecule has 0 radical (unpaired) electrons. The van der Waals surface area contributed by atoms with Gasteiger partial charge in [0.1, 0.15) is 5.75 Å². The van der Waals surface area contributed by atoms with E-state index < -0.39 is 0 Å². The molecule has 0 bridgehead atoms. The topological polar surface area (TPSA) is 80.5 Å². The molecule has 2 heterocycles. The number of amides is 1. The van der Waals surface area contributed by atoms with E-state index >= 15 is 0 Å². The fourth-order valence-electron chi connectivity index (χ4n) is 2.38. The molecule has 1 aromatic carbocycles. The predicted molar refractivity (Wildman–Crippen MR) is 100 cm³/mol. The van der Waals surface area contributed by atoms with E-state index in [0.717, 1.165) is 17.0 Å². The average molecular weight is 372 g/mol. The Morgan fingerprint density at radius 2 is 2.12 bits per heavy atom. The van der Waals surface area contributed by atoms with E-state index in [9.17, 15) is 4.79 Å². The molecule has 2 aromatic heterocycles. The minimum absolute atomic E-state index is 0.102. The van der Waals surface area contributed by atoms with Crippen molar-refractivity contribution in [2.75, 3.05) is 25.5 Å². The Balaban J connectivity index is 1.56. The Hall–Kier alpha value is -2.71. The molecular weight excluding hydrogens is 352 g/mol. The number of thiophene rings is 1.